The van der Waals surface area contributed by atoms with Crippen LogP contribution in [0.5, 0.6) is 11.5 Å². The number of aliphatic carboxylic acids is 1. The predicted molar refractivity (Wildman–Crippen MR) is 149 cm³/mol. The van der Waals surface area contributed by atoms with Crippen LogP contribution < -0.4 is 24.4 Å². The Labute approximate surface area is 242 Å². The molecule has 0 radical (unpaired) electrons. The fourth-order valence-corrected chi connectivity index (χ4v) is 5.57. The molecular weight excluding hydrogens is 583 g/mol. The molecule has 1 amide bonds. The molecule has 0 unspecified atom stereocenters. The third-order valence-electron chi connectivity index (χ3n) is 6.64. The minimum atomic E-state index is -5.08. The maximum absolute atomic E-state index is 13.5. The molecule has 2 saturated heterocycles. The van der Waals surface area contributed by atoms with E-state index in [1.165, 1.54) is 20.3 Å². The van der Waals surface area contributed by atoms with Crippen molar-refractivity contribution in [3.8, 4) is 11.5 Å². The van der Waals surface area contributed by atoms with E-state index in [4.69, 9.17) is 19.4 Å². The molecule has 16 heteroatoms. The molecule has 42 heavy (non-hydrogen) atoms. The highest BCUT2D eigenvalue weighted by atomic mass is 32.2. The maximum atomic E-state index is 13.5. The zero-order valence-corrected chi connectivity index (χ0v) is 24.2. The second-order valence-corrected chi connectivity index (χ2v) is 11.1. The van der Waals surface area contributed by atoms with E-state index in [0.717, 1.165) is 45.0 Å². The highest BCUT2D eigenvalue weighted by Gasteiger charge is 2.38. The Bertz CT molecular complexity index is 1360. The number of carbonyl (C=O) groups excluding carboxylic acids is 1. The molecule has 2 heterocycles. The number of nitrogens with one attached hydrogen (secondary N) is 2. The van der Waals surface area contributed by atoms with Gasteiger partial charge >= 0.3 is 12.1 Å². The Balaban J connectivity index is 0.000000616. The summed E-state index contributed by atoms with van der Waals surface area (Å²) in [4.78, 5) is 28.2. The Morgan fingerprint density at radius 1 is 0.952 bits per heavy atom. The number of hydrogen-bond donors (Lipinski definition) is 3. The number of methoxy groups -OCH3 is 2. The zero-order chi connectivity index (χ0) is 31.1. The lowest BCUT2D eigenvalue weighted by molar-refractivity contribution is -0.192. The Morgan fingerprint density at radius 3 is 2.12 bits per heavy atom. The van der Waals surface area contributed by atoms with E-state index in [-0.39, 0.29) is 16.6 Å². The highest BCUT2D eigenvalue weighted by molar-refractivity contribution is 7.92. The van der Waals surface area contributed by atoms with Crippen LogP contribution in [-0.4, -0.2) is 115 Å². The van der Waals surface area contributed by atoms with Crippen LogP contribution in [0.25, 0.3) is 0 Å². The Kier molecular flexibility index (Phi) is 10.9. The van der Waals surface area contributed by atoms with E-state index in [1.54, 1.807) is 24.3 Å². The highest BCUT2D eigenvalue weighted by Crippen LogP contribution is 2.34. The van der Waals surface area contributed by atoms with Crippen molar-refractivity contribution in [2.45, 2.75) is 11.1 Å². The minimum absolute atomic E-state index is 0.0404. The van der Waals surface area contributed by atoms with Gasteiger partial charge in [0, 0.05) is 64.0 Å². The second-order valence-electron chi connectivity index (χ2n) is 9.49. The fraction of sp³-hybridized carbons (Fsp3) is 0.462. The average molecular weight is 618 g/mol. The van der Waals surface area contributed by atoms with Gasteiger partial charge in [0.05, 0.1) is 25.6 Å². The summed E-state index contributed by atoms with van der Waals surface area (Å²) >= 11 is 0. The number of anilines is 2. The van der Waals surface area contributed by atoms with Crippen LogP contribution in [0.4, 0.5) is 24.5 Å². The van der Waals surface area contributed by atoms with Crippen molar-refractivity contribution >= 4 is 33.3 Å². The van der Waals surface area contributed by atoms with Crippen LogP contribution >= 0.6 is 0 Å². The van der Waals surface area contributed by atoms with Gasteiger partial charge in [-0.15, -0.1) is 0 Å². The zero-order valence-electron chi connectivity index (χ0n) is 23.4. The average Bonchev–Trinajstić information content (AvgIpc) is 2.97. The number of likely N-dealkylation sites (N-methyl/N-ethyl adjacent to an activating group) is 1. The topological polar surface area (TPSA) is 141 Å². The number of halogens is 3. The molecule has 232 valence electrons. The first-order valence-corrected chi connectivity index (χ1v) is 14.4. The van der Waals surface area contributed by atoms with E-state index in [2.05, 4.69) is 19.8 Å². The number of nitrogens with zero attached hydrogens (tertiary/aromatic N) is 3. The maximum Gasteiger partial charge on any atom is 0.490 e. The van der Waals surface area contributed by atoms with E-state index < -0.39 is 22.2 Å². The van der Waals surface area contributed by atoms with Gasteiger partial charge in [-0.2, -0.15) is 13.2 Å². The molecule has 2 aromatic rings. The van der Waals surface area contributed by atoms with Gasteiger partial charge in [0.2, 0.25) is 0 Å². The van der Waals surface area contributed by atoms with Crippen molar-refractivity contribution in [1.82, 2.24) is 15.1 Å². The number of benzene rings is 2. The molecule has 0 atom stereocenters. The Hall–Kier alpha value is -3.76. The molecule has 12 nitrogen and oxygen atoms in total. The van der Waals surface area contributed by atoms with E-state index in [0.29, 0.717) is 30.1 Å². The molecule has 0 aromatic heterocycles. The summed E-state index contributed by atoms with van der Waals surface area (Å²) < 4.78 is 72.0. The van der Waals surface area contributed by atoms with Crippen LogP contribution in [0.15, 0.2) is 41.3 Å². The first kappa shape index (κ1) is 32.8. The molecule has 4 rings (SSSR count). The first-order chi connectivity index (χ1) is 19.8. The summed E-state index contributed by atoms with van der Waals surface area (Å²) in [6, 6.07) is 9.86. The number of carbonyl (C=O) groups is 2. The van der Waals surface area contributed by atoms with Gasteiger partial charge < -0.3 is 34.6 Å². The molecule has 0 bridgehead atoms. The number of alkyl halides is 3. The molecule has 2 aromatic carbocycles. The predicted octanol–water partition coefficient (Wildman–Crippen LogP) is 1.94. The Morgan fingerprint density at radius 2 is 1.57 bits per heavy atom. The van der Waals surface area contributed by atoms with Crippen molar-refractivity contribution in [3.05, 3.63) is 42.0 Å². The van der Waals surface area contributed by atoms with Crippen LogP contribution in [0.3, 0.4) is 0 Å². The lowest BCUT2D eigenvalue weighted by Gasteiger charge is -2.33. The smallest absolute Gasteiger partial charge is 0.490 e. The van der Waals surface area contributed by atoms with Gasteiger partial charge in [0.15, 0.2) is 0 Å². The SMILES string of the molecule is COc1ccc(OC)c(S(=O)(=O)Nc2cc(C(=O)N3CCN(C)CC3)ccc2N2CCNCC2)c1.O=C(O)C(F)(F)F. The number of hydrogen-bond acceptors (Lipinski definition) is 9. The molecular formula is C26H34F3N5O7S. The lowest BCUT2D eigenvalue weighted by atomic mass is 10.1. The summed E-state index contributed by atoms with van der Waals surface area (Å²) in [7, 11) is 0.871. The molecule has 3 N–H and O–H groups in total. The van der Waals surface area contributed by atoms with Gasteiger partial charge in [-0.25, -0.2) is 13.2 Å². The van der Waals surface area contributed by atoms with Crippen LogP contribution in [0.2, 0.25) is 0 Å². The van der Waals surface area contributed by atoms with Gasteiger partial charge in [-0.05, 0) is 37.4 Å². The third kappa shape index (κ3) is 8.39. The van der Waals surface area contributed by atoms with Gasteiger partial charge in [-0.1, -0.05) is 0 Å². The molecule has 2 fully saturated rings. The van der Waals surface area contributed by atoms with Crippen molar-refractivity contribution in [2.75, 3.05) is 83.2 Å². The minimum Gasteiger partial charge on any atom is -0.497 e. The van der Waals surface area contributed by atoms with Gasteiger partial charge in [0.25, 0.3) is 15.9 Å². The molecule has 0 saturated carbocycles. The summed E-state index contributed by atoms with van der Waals surface area (Å²) in [6.07, 6.45) is -5.08. The monoisotopic (exact) mass is 617 g/mol. The quantitative estimate of drug-likeness (QED) is 0.422. The number of rotatable bonds is 7. The van der Waals surface area contributed by atoms with Crippen molar-refractivity contribution in [2.24, 2.45) is 0 Å². The second kappa shape index (κ2) is 13.9. The standard InChI is InChI=1S/C24H33N5O5S.C2HF3O2/c1-27-12-14-29(15-13-27)24(30)18-4-6-21(28-10-8-25-9-11-28)20(16-18)26-35(31,32)23-17-19(33-2)5-7-22(23)34-3;3-2(4,5)1(6)7/h4-7,16-17,25-26H,8-15H2,1-3H3;(H,6,7). The summed E-state index contributed by atoms with van der Waals surface area (Å²) in [5.74, 6) is -2.27. The number of carboxylic acid groups (broad SMARTS) is 1. The van der Waals surface area contributed by atoms with E-state index in [1.807, 2.05) is 18.0 Å². The molecule has 0 aliphatic carbocycles. The number of ether oxygens (including phenoxy) is 2. The molecule has 0 spiro atoms. The van der Waals surface area contributed by atoms with Crippen molar-refractivity contribution in [3.63, 3.8) is 0 Å². The van der Waals surface area contributed by atoms with Crippen LogP contribution in [-0.2, 0) is 14.8 Å². The molecule has 2 aliphatic rings. The summed E-state index contributed by atoms with van der Waals surface area (Å²) in [5, 5.41) is 10.4. The number of carboxylic acids is 1. The number of sulfonamides is 1. The van der Waals surface area contributed by atoms with E-state index >= 15 is 0 Å². The van der Waals surface area contributed by atoms with Crippen LogP contribution in [0, 0.1) is 0 Å². The first-order valence-electron chi connectivity index (χ1n) is 12.9. The summed E-state index contributed by atoms with van der Waals surface area (Å²) in [6.45, 7) is 5.91. The normalized spacial score (nSPS) is 16.2. The number of piperazine rings is 2. The van der Waals surface area contributed by atoms with Crippen LogP contribution in [0.1, 0.15) is 10.4 Å². The summed E-state index contributed by atoms with van der Waals surface area (Å²) in [5.41, 5.74) is 1.53. The van der Waals surface area contributed by atoms with Crippen molar-refractivity contribution in [1.29, 1.82) is 0 Å². The van der Waals surface area contributed by atoms with Gasteiger partial charge in [0.1, 0.15) is 16.4 Å². The fourth-order valence-electron chi connectivity index (χ4n) is 4.32. The number of amides is 1. The largest absolute Gasteiger partial charge is 0.497 e. The third-order valence-corrected chi connectivity index (χ3v) is 8.03. The van der Waals surface area contributed by atoms with Gasteiger partial charge in [-0.3, -0.25) is 9.52 Å². The van der Waals surface area contributed by atoms with E-state index in [9.17, 15) is 26.4 Å². The van der Waals surface area contributed by atoms with Crippen molar-refractivity contribution < 1.29 is 45.8 Å². The molecule has 2 aliphatic heterocycles. The lowest BCUT2D eigenvalue weighted by Crippen LogP contribution is -2.47.